The first-order valence-corrected chi connectivity index (χ1v) is 14.7. The Morgan fingerprint density at radius 3 is 2.49 bits per heavy atom. The van der Waals surface area contributed by atoms with Crippen molar-refractivity contribution >= 4 is 5.97 Å². The minimum atomic E-state index is -0.696. The molecule has 0 unspecified atom stereocenters. The van der Waals surface area contributed by atoms with Crippen LogP contribution in [0.15, 0.2) is 12.2 Å². The molecular formula is C31H50O4. The maximum Gasteiger partial charge on any atom is 0.302 e. The van der Waals surface area contributed by atoms with E-state index in [0.29, 0.717) is 35.0 Å². The molecule has 0 aromatic carbocycles. The van der Waals surface area contributed by atoms with Crippen molar-refractivity contribution in [1.29, 1.82) is 0 Å². The molecule has 1 heterocycles. The standard InChI is InChI=1S/C31H50O4/c1-8-21(18(2)3)10-9-19(4)23-11-12-24-22-17-27-31(35-27)28(33)26(34-20(5)32)14-16-30(31,7)25(22)13-15-29(23,24)6/h9-10,18-19,21-28,33H,8,11-17H2,1-7H3/b10-9+/t19-,21-,22+,23-,24+,25+,26+,27-,28+,29-,30-,31+/m1/s1. The molecule has 1 spiro atoms. The summed E-state index contributed by atoms with van der Waals surface area (Å²) in [4.78, 5) is 11.6. The van der Waals surface area contributed by atoms with Crippen molar-refractivity contribution in [3.8, 4) is 0 Å². The Hall–Kier alpha value is -0.870. The summed E-state index contributed by atoms with van der Waals surface area (Å²) >= 11 is 0. The van der Waals surface area contributed by atoms with Crippen molar-refractivity contribution in [1.82, 2.24) is 0 Å². The van der Waals surface area contributed by atoms with Crippen LogP contribution in [0.5, 0.6) is 0 Å². The smallest absolute Gasteiger partial charge is 0.302 e. The number of hydrogen-bond acceptors (Lipinski definition) is 4. The number of epoxide rings is 1. The summed E-state index contributed by atoms with van der Waals surface area (Å²) in [6.45, 7) is 15.9. The summed E-state index contributed by atoms with van der Waals surface area (Å²) < 4.78 is 12.0. The SMILES string of the molecule is CC[C@H](/C=C/[C@@H](C)[C@H]1CC[C@H]2[C@@H]3C[C@H]4O[C@]45[C@@H](O)[C@@H](OC(C)=O)CC[C@]5(C)[C@H]3CC[C@]12C)C(C)C. The van der Waals surface area contributed by atoms with E-state index in [1.54, 1.807) is 0 Å². The zero-order chi connectivity index (χ0) is 25.3. The molecule has 1 N–H and O–H groups in total. The molecule has 4 heteroatoms. The average Bonchev–Trinajstić information content (AvgIpc) is 3.42. The molecule has 4 aliphatic carbocycles. The summed E-state index contributed by atoms with van der Waals surface area (Å²) in [6, 6.07) is 0. The molecule has 1 saturated heterocycles. The van der Waals surface area contributed by atoms with Gasteiger partial charge in [-0.2, -0.15) is 0 Å². The van der Waals surface area contributed by atoms with Crippen molar-refractivity contribution in [2.45, 2.75) is 124 Å². The van der Waals surface area contributed by atoms with Crippen LogP contribution in [0.25, 0.3) is 0 Å². The molecule has 35 heavy (non-hydrogen) atoms. The Kier molecular flexibility index (Phi) is 6.52. The highest BCUT2D eigenvalue weighted by atomic mass is 16.6. The largest absolute Gasteiger partial charge is 0.460 e. The van der Waals surface area contributed by atoms with Gasteiger partial charge in [-0.3, -0.25) is 4.79 Å². The molecular weight excluding hydrogens is 436 g/mol. The Labute approximate surface area is 213 Å². The molecule has 0 aromatic rings. The number of carbonyl (C=O) groups excluding carboxylic acids is 1. The summed E-state index contributed by atoms with van der Waals surface area (Å²) in [5.74, 6) is 4.54. The van der Waals surface area contributed by atoms with Gasteiger partial charge in [-0.05, 0) is 98.2 Å². The molecule has 5 fully saturated rings. The first-order chi connectivity index (χ1) is 16.5. The average molecular weight is 487 g/mol. The number of allylic oxidation sites excluding steroid dienone is 2. The Morgan fingerprint density at radius 2 is 1.83 bits per heavy atom. The van der Waals surface area contributed by atoms with Gasteiger partial charge in [-0.15, -0.1) is 0 Å². The lowest BCUT2D eigenvalue weighted by molar-refractivity contribution is -0.186. The minimum absolute atomic E-state index is 0.0206. The molecule has 4 saturated carbocycles. The fraction of sp³-hybridized carbons (Fsp3) is 0.903. The van der Waals surface area contributed by atoms with Crippen LogP contribution in [-0.2, 0) is 14.3 Å². The van der Waals surface area contributed by atoms with Crippen LogP contribution >= 0.6 is 0 Å². The van der Waals surface area contributed by atoms with Gasteiger partial charge in [-0.25, -0.2) is 0 Å². The molecule has 5 rings (SSSR count). The van der Waals surface area contributed by atoms with E-state index >= 15 is 0 Å². The maximum atomic E-state index is 11.6. The van der Waals surface area contributed by atoms with Crippen molar-refractivity contribution in [2.24, 2.45) is 52.3 Å². The van der Waals surface area contributed by atoms with E-state index in [-0.39, 0.29) is 17.5 Å². The van der Waals surface area contributed by atoms with Gasteiger partial charge >= 0.3 is 5.97 Å². The van der Waals surface area contributed by atoms with Crippen LogP contribution in [0.4, 0.5) is 0 Å². The van der Waals surface area contributed by atoms with Crippen LogP contribution in [0, 0.1) is 52.3 Å². The van der Waals surface area contributed by atoms with Gasteiger partial charge in [0.1, 0.15) is 17.8 Å². The van der Waals surface area contributed by atoms with E-state index in [9.17, 15) is 9.90 Å². The topological polar surface area (TPSA) is 59.1 Å². The number of esters is 1. The lowest BCUT2D eigenvalue weighted by Crippen LogP contribution is -2.64. The van der Waals surface area contributed by atoms with Crippen molar-refractivity contribution in [3.05, 3.63) is 12.2 Å². The lowest BCUT2D eigenvalue weighted by Gasteiger charge is -2.60. The van der Waals surface area contributed by atoms with Gasteiger partial charge in [-0.1, -0.05) is 53.7 Å². The van der Waals surface area contributed by atoms with E-state index in [1.807, 2.05) is 0 Å². The van der Waals surface area contributed by atoms with E-state index in [0.717, 1.165) is 31.1 Å². The zero-order valence-electron chi connectivity index (χ0n) is 23.3. The number of fused-ring (bicyclic) bond motifs is 4. The van der Waals surface area contributed by atoms with Crippen LogP contribution in [0.3, 0.4) is 0 Å². The fourth-order valence-electron chi connectivity index (χ4n) is 10.2. The monoisotopic (exact) mass is 486 g/mol. The summed E-state index contributed by atoms with van der Waals surface area (Å²) in [7, 11) is 0. The number of aliphatic hydroxyl groups excluding tert-OH is 1. The molecule has 4 nitrogen and oxygen atoms in total. The predicted molar refractivity (Wildman–Crippen MR) is 139 cm³/mol. The van der Waals surface area contributed by atoms with Gasteiger partial charge in [0.05, 0.1) is 6.10 Å². The second-order valence-electron chi connectivity index (χ2n) is 13.8. The molecule has 0 amide bonds. The number of aliphatic hydroxyl groups is 1. The number of ether oxygens (including phenoxy) is 2. The quantitative estimate of drug-likeness (QED) is 0.263. The molecule has 0 radical (unpaired) electrons. The van der Waals surface area contributed by atoms with E-state index in [2.05, 4.69) is 53.7 Å². The summed E-state index contributed by atoms with van der Waals surface area (Å²) in [5, 5.41) is 11.4. The van der Waals surface area contributed by atoms with Crippen molar-refractivity contribution in [2.75, 3.05) is 0 Å². The highest BCUT2D eigenvalue weighted by Gasteiger charge is 2.79. The minimum Gasteiger partial charge on any atom is -0.460 e. The van der Waals surface area contributed by atoms with Crippen LogP contribution < -0.4 is 0 Å². The normalized spacial score (nSPS) is 50.1. The second kappa shape index (κ2) is 8.86. The molecule has 0 aromatic heterocycles. The summed E-state index contributed by atoms with van der Waals surface area (Å²) in [5.41, 5.74) is -0.114. The zero-order valence-corrected chi connectivity index (χ0v) is 23.3. The van der Waals surface area contributed by atoms with Gasteiger partial charge in [0.2, 0.25) is 0 Å². The Balaban J connectivity index is 1.35. The van der Waals surface area contributed by atoms with Crippen molar-refractivity contribution in [3.63, 3.8) is 0 Å². The van der Waals surface area contributed by atoms with E-state index in [1.165, 1.54) is 39.0 Å². The molecule has 1 aliphatic heterocycles. The highest BCUT2D eigenvalue weighted by Crippen LogP contribution is 2.74. The van der Waals surface area contributed by atoms with Gasteiger partial charge in [0.15, 0.2) is 0 Å². The predicted octanol–water partition coefficient (Wildman–Crippen LogP) is 6.55. The molecule has 12 atom stereocenters. The van der Waals surface area contributed by atoms with Crippen LogP contribution in [-0.4, -0.2) is 35.0 Å². The highest BCUT2D eigenvalue weighted by molar-refractivity contribution is 5.66. The van der Waals surface area contributed by atoms with Gasteiger partial charge < -0.3 is 14.6 Å². The van der Waals surface area contributed by atoms with E-state index in [4.69, 9.17) is 9.47 Å². The van der Waals surface area contributed by atoms with Gasteiger partial charge in [0.25, 0.3) is 0 Å². The number of carbonyl (C=O) groups is 1. The number of rotatable bonds is 6. The molecule has 5 aliphatic rings. The number of hydrogen-bond donors (Lipinski definition) is 1. The Bertz CT molecular complexity index is 851. The van der Waals surface area contributed by atoms with Gasteiger partial charge in [0, 0.05) is 12.3 Å². The lowest BCUT2D eigenvalue weighted by atomic mass is 9.44. The molecule has 198 valence electrons. The first kappa shape index (κ1) is 25.8. The third kappa shape index (κ3) is 3.70. The van der Waals surface area contributed by atoms with Crippen molar-refractivity contribution < 1.29 is 19.4 Å². The molecule has 0 bridgehead atoms. The second-order valence-corrected chi connectivity index (χ2v) is 13.8. The van der Waals surface area contributed by atoms with Crippen LogP contribution in [0.2, 0.25) is 0 Å². The third-order valence-electron chi connectivity index (χ3n) is 12.1. The first-order valence-electron chi connectivity index (χ1n) is 14.7. The Morgan fingerprint density at radius 1 is 1.09 bits per heavy atom. The maximum absolute atomic E-state index is 11.6. The summed E-state index contributed by atoms with van der Waals surface area (Å²) in [6.07, 6.45) is 13.3. The van der Waals surface area contributed by atoms with E-state index < -0.39 is 17.8 Å². The van der Waals surface area contributed by atoms with Crippen LogP contribution in [0.1, 0.15) is 99.8 Å². The third-order valence-corrected chi connectivity index (χ3v) is 12.1. The fourth-order valence-corrected chi connectivity index (χ4v) is 10.2.